The van der Waals surface area contributed by atoms with Gasteiger partial charge in [0.05, 0.1) is 10.9 Å². The summed E-state index contributed by atoms with van der Waals surface area (Å²) in [6.45, 7) is 3.70. The smallest absolute Gasteiger partial charge is 0.0750 e. The average Bonchev–Trinajstić information content (AvgIpc) is 2.05. The Morgan fingerprint density at radius 2 is 1.77 bits per heavy atom. The van der Waals surface area contributed by atoms with Crippen molar-refractivity contribution in [2.24, 2.45) is 0 Å². The molecular formula is C11H16OS. The maximum absolute atomic E-state index is 9.91. The first-order valence-corrected chi connectivity index (χ1v) is 5.64. The summed E-state index contributed by atoms with van der Waals surface area (Å²) in [6.07, 6.45) is 2.02. The van der Waals surface area contributed by atoms with Crippen LogP contribution in [-0.2, 0) is 0 Å². The molecule has 72 valence electrons. The molecule has 1 aromatic rings. The summed E-state index contributed by atoms with van der Waals surface area (Å²) in [5.41, 5.74) is 0.517. The Kier molecular flexibility index (Phi) is 3.40. The van der Waals surface area contributed by atoms with Gasteiger partial charge in [-0.05, 0) is 25.7 Å². The first-order valence-electron chi connectivity index (χ1n) is 4.36. The maximum atomic E-state index is 9.91. The molecule has 1 aromatic carbocycles. The number of aliphatic hydroxyl groups is 1. The SMILES string of the molecule is CS[C@@H](c1ccccc1)C(C)(C)O. The van der Waals surface area contributed by atoms with Gasteiger partial charge < -0.3 is 5.11 Å². The quantitative estimate of drug-likeness (QED) is 0.802. The Labute approximate surface area is 84.2 Å². The lowest BCUT2D eigenvalue weighted by Crippen LogP contribution is -2.26. The van der Waals surface area contributed by atoms with Gasteiger partial charge in [-0.2, -0.15) is 11.8 Å². The van der Waals surface area contributed by atoms with Crippen molar-refractivity contribution in [2.45, 2.75) is 24.7 Å². The zero-order chi connectivity index (χ0) is 9.90. The Morgan fingerprint density at radius 3 is 2.15 bits per heavy atom. The van der Waals surface area contributed by atoms with Gasteiger partial charge in [0.15, 0.2) is 0 Å². The van der Waals surface area contributed by atoms with E-state index >= 15 is 0 Å². The molecule has 0 aliphatic carbocycles. The Bertz CT molecular complexity index is 251. The van der Waals surface area contributed by atoms with Gasteiger partial charge in [0.25, 0.3) is 0 Å². The van der Waals surface area contributed by atoms with Crippen molar-refractivity contribution in [3.05, 3.63) is 35.9 Å². The van der Waals surface area contributed by atoms with Crippen LogP contribution in [0.1, 0.15) is 24.7 Å². The predicted molar refractivity (Wildman–Crippen MR) is 59.0 cm³/mol. The van der Waals surface area contributed by atoms with Crippen LogP contribution in [-0.4, -0.2) is 17.0 Å². The highest BCUT2D eigenvalue weighted by Gasteiger charge is 2.26. The summed E-state index contributed by atoms with van der Waals surface area (Å²) >= 11 is 1.68. The zero-order valence-electron chi connectivity index (χ0n) is 8.32. The Hall–Kier alpha value is -0.470. The third-order valence-corrected chi connectivity index (χ3v) is 3.30. The van der Waals surface area contributed by atoms with Gasteiger partial charge in [-0.15, -0.1) is 0 Å². The molecule has 0 aliphatic rings. The highest BCUT2D eigenvalue weighted by atomic mass is 32.2. The van der Waals surface area contributed by atoms with Gasteiger partial charge in [-0.1, -0.05) is 30.3 Å². The van der Waals surface area contributed by atoms with Gasteiger partial charge in [0.1, 0.15) is 0 Å². The lowest BCUT2D eigenvalue weighted by atomic mass is 9.98. The van der Waals surface area contributed by atoms with E-state index in [4.69, 9.17) is 0 Å². The van der Waals surface area contributed by atoms with Crippen LogP contribution in [0.5, 0.6) is 0 Å². The monoisotopic (exact) mass is 196 g/mol. The van der Waals surface area contributed by atoms with E-state index in [1.165, 1.54) is 5.56 Å². The van der Waals surface area contributed by atoms with Crippen molar-refractivity contribution in [3.8, 4) is 0 Å². The number of benzene rings is 1. The van der Waals surface area contributed by atoms with E-state index < -0.39 is 5.60 Å². The molecular weight excluding hydrogens is 180 g/mol. The lowest BCUT2D eigenvalue weighted by Gasteiger charge is -2.28. The molecule has 0 amide bonds. The minimum atomic E-state index is -0.666. The molecule has 0 spiro atoms. The van der Waals surface area contributed by atoms with Crippen LogP contribution in [0.2, 0.25) is 0 Å². The highest BCUT2D eigenvalue weighted by molar-refractivity contribution is 7.98. The molecule has 1 nitrogen and oxygen atoms in total. The molecule has 1 N–H and O–H groups in total. The predicted octanol–water partition coefficient (Wildman–Crippen LogP) is 2.86. The Morgan fingerprint density at radius 1 is 1.23 bits per heavy atom. The van der Waals surface area contributed by atoms with Crippen LogP contribution in [0.15, 0.2) is 30.3 Å². The van der Waals surface area contributed by atoms with Gasteiger partial charge in [0.2, 0.25) is 0 Å². The summed E-state index contributed by atoms with van der Waals surface area (Å²) in [6, 6.07) is 10.1. The van der Waals surface area contributed by atoms with Gasteiger partial charge in [-0.3, -0.25) is 0 Å². The zero-order valence-corrected chi connectivity index (χ0v) is 9.14. The van der Waals surface area contributed by atoms with E-state index in [-0.39, 0.29) is 5.25 Å². The fourth-order valence-corrected chi connectivity index (χ4v) is 2.47. The second-order valence-electron chi connectivity index (χ2n) is 3.68. The summed E-state index contributed by atoms with van der Waals surface area (Å²) in [4.78, 5) is 0. The molecule has 2 heteroatoms. The number of hydrogen-bond donors (Lipinski definition) is 1. The normalized spacial score (nSPS) is 14.2. The van der Waals surface area contributed by atoms with Crippen molar-refractivity contribution in [1.29, 1.82) is 0 Å². The van der Waals surface area contributed by atoms with E-state index in [9.17, 15) is 5.11 Å². The molecule has 0 bridgehead atoms. The molecule has 0 aliphatic heterocycles. The van der Waals surface area contributed by atoms with Crippen LogP contribution in [0.4, 0.5) is 0 Å². The van der Waals surface area contributed by atoms with Gasteiger partial charge in [-0.25, -0.2) is 0 Å². The maximum Gasteiger partial charge on any atom is 0.0750 e. The standard InChI is InChI=1S/C11H16OS/c1-11(2,12)10(13-3)9-7-5-4-6-8-9/h4-8,10,12H,1-3H3/t10-/m0/s1. The van der Waals surface area contributed by atoms with E-state index in [2.05, 4.69) is 12.1 Å². The van der Waals surface area contributed by atoms with Gasteiger partial charge in [0, 0.05) is 0 Å². The van der Waals surface area contributed by atoms with Gasteiger partial charge >= 0.3 is 0 Å². The minimum Gasteiger partial charge on any atom is -0.389 e. The summed E-state index contributed by atoms with van der Waals surface area (Å²) in [5.74, 6) is 0. The first-order chi connectivity index (χ1) is 6.05. The van der Waals surface area contributed by atoms with Crippen molar-refractivity contribution in [1.82, 2.24) is 0 Å². The fourth-order valence-electron chi connectivity index (χ4n) is 1.46. The first kappa shape index (κ1) is 10.6. The second-order valence-corrected chi connectivity index (χ2v) is 4.62. The third kappa shape index (κ3) is 2.75. The van der Waals surface area contributed by atoms with Crippen LogP contribution >= 0.6 is 11.8 Å². The molecule has 1 rings (SSSR count). The number of thioether (sulfide) groups is 1. The molecule has 0 aromatic heterocycles. The van der Waals surface area contributed by atoms with E-state index in [0.717, 1.165) is 0 Å². The molecule has 13 heavy (non-hydrogen) atoms. The molecule has 0 saturated heterocycles. The summed E-state index contributed by atoms with van der Waals surface area (Å²) < 4.78 is 0. The van der Waals surface area contributed by atoms with Crippen LogP contribution in [0.3, 0.4) is 0 Å². The Balaban J connectivity index is 2.92. The molecule has 0 radical (unpaired) electrons. The van der Waals surface area contributed by atoms with E-state index in [1.54, 1.807) is 11.8 Å². The fraction of sp³-hybridized carbons (Fsp3) is 0.455. The molecule has 0 heterocycles. The van der Waals surface area contributed by atoms with Crippen LogP contribution in [0.25, 0.3) is 0 Å². The van der Waals surface area contributed by atoms with E-state index in [1.807, 2.05) is 38.3 Å². The minimum absolute atomic E-state index is 0.147. The van der Waals surface area contributed by atoms with Crippen LogP contribution < -0.4 is 0 Å². The largest absolute Gasteiger partial charge is 0.389 e. The second kappa shape index (κ2) is 4.16. The third-order valence-electron chi connectivity index (χ3n) is 1.98. The average molecular weight is 196 g/mol. The van der Waals surface area contributed by atoms with Crippen LogP contribution in [0, 0.1) is 0 Å². The summed E-state index contributed by atoms with van der Waals surface area (Å²) in [5, 5.41) is 10.1. The van der Waals surface area contributed by atoms with Crippen molar-refractivity contribution in [2.75, 3.05) is 6.26 Å². The highest BCUT2D eigenvalue weighted by Crippen LogP contribution is 2.36. The topological polar surface area (TPSA) is 20.2 Å². The molecule has 1 atom stereocenters. The van der Waals surface area contributed by atoms with Crippen molar-refractivity contribution in [3.63, 3.8) is 0 Å². The molecule has 0 fully saturated rings. The molecule has 0 unspecified atom stereocenters. The van der Waals surface area contributed by atoms with E-state index in [0.29, 0.717) is 0 Å². The number of rotatable bonds is 3. The lowest BCUT2D eigenvalue weighted by molar-refractivity contribution is 0.0778. The van der Waals surface area contributed by atoms with Crippen molar-refractivity contribution >= 4 is 11.8 Å². The molecule has 0 saturated carbocycles. The summed E-state index contributed by atoms with van der Waals surface area (Å²) in [7, 11) is 0. The number of hydrogen-bond acceptors (Lipinski definition) is 2. The van der Waals surface area contributed by atoms with Crippen molar-refractivity contribution < 1.29 is 5.11 Å².